The first-order valence-electron chi connectivity index (χ1n) is 6.32. The van der Waals surface area contributed by atoms with Gasteiger partial charge in [-0.25, -0.2) is 0 Å². The van der Waals surface area contributed by atoms with Gasteiger partial charge in [0.1, 0.15) is 12.4 Å². The van der Waals surface area contributed by atoms with Crippen molar-refractivity contribution >= 4 is 11.6 Å². The van der Waals surface area contributed by atoms with Crippen LogP contribution in [-0.2, 0) is 9.53 Å². The molecule has 0 radical (unpaired) electrons. The Kier molecular flexibility index (Phi) is 6.22. The maximum atomic E-state index is 11.6. The summed E-state index contributed by atoms with van der Waals surface area (Å²) in [5.74, 6) is 0.316. The highest BCUT2D eigenvalue weighted by molar-refractivity contribution is 5.93. The van der Waals surface area contributed by atoms with Crippen molar-refractivity contribution in [3.8, 4) is 5.75 Å². The summed E-state index contributed by atoms with van der Waals surface area (Å²) in [6, 6.07) is 6.63. The van der Waals surface area contributed by atoms with E-state index in [0.29, 0.717) is 18.2 Å². The van der Waals surface area contributed by atoms with Gasteiger partial charge in [0, 0.05) is 0 Å². The number of aromatic hydroxyl groups is 1. The summed E-state index contributed by atoms with van der Waals surface area (Å²) in [6.45, 7) is 4.84. The topological polar surface area (TPSA) is 58.6 Å². The smallest absolute Gasteiger partial charge is 0.250 e. The third-order valence-electron chi connectivity index (χ3n) is 2.92. The van der Waals surface area contributed by atoms with Crippen LogP contribution in [0.25, 0.3) is 0 Å². The molecule has 0 fully saturated rings. The summed E-state index contributed by atoms with van der Waals surface area (Å²) < 4.78 is 5.36. The Hall–Kier alpha value is -1.55. The zero-order valence-electron chi connectivity index (χ0n) is 11.0. The van der Waals surface area contributed by atoms with Crippen molar-refractivity contribution in [2.24, 2.45) is 5.92 Å². The van der Waals surface area contributed by atoms with Crippen molar-refractivity contribution in [1.29, 1.82) is 0 Å². The van der Waals surface area contributed by atoms with E-state index in [1.807, 2.05) is 0 Å². The number of hydrogen-bond donors (Lipinski definition) is 2. The summed E-state index contributed by atoms with van der Waals surface area (Å²) in [6.07, 6.45) is 2.11. The zero-order chi connectivity index (χ0) is 13.4. The monoisotopic (exact) mass is 251 g/mol. The van der Waals surface area contributed by atoms with Crippen LogP contribution >= 0.6 is 0 Å². The van der Waals surface area contributed by atoms with Crippen molar-refractivity contribution in [2.75, 3.05) is 18.5 Å². The summed E-state index contributed by atoms with van der Waals surface area (Å²) in [4.78, 5) is 11.6. The van der Waals surface area contributed by atoms with E-state index in [-0.39, 0.29) is 18.3 Å². The van der Waals surface area contributed by atoms with E-state index >= 15 is 0 Å². The number of phenolic OH excluding ortho intramolecular Hbond substituents is 1. The molecule has 1 aromatic carbocycles. The Morgan fingerprint density at radius 1 is 1.33 bits per heavy atom. The van der Waals surface area contributed by atoms with Gasteiger partial charge in [0.05, 0.1) is 12.3 Å². The van der Waals surface area contributed by atoms with Gasteiger partial charge in [-0.3, -0.25) is 4.79 Å². The van der Waals surface area contributed by atoms with Crippen LogP contribution in [0, 0.1) is 5.92 Å². The standard InChI is InChI=1S/C14H21NO3/c1-3-11(4-2)9-18-10-14(17)15-12-7-5-6-8-13(12)16/h5-8,11,16H,3-4,9-10H2,1-2H3,(H,15,17). The van der Waals surface area contributed by atoms with Gasteiger partial charge >= 0.3 is 0 Å². The van der Waals surface area contributed by atoms with Gasteiger partial charge in [-0.15, -0.1) is 0 Å². The first-order chi connectivity index (χ1) is 8.67. The van der Waals surface area contributed by atoms with E-state index in [2.05, 4.69) is 19.2 Å². The Labute approximate surface area is 108 Å². The second-order valence-electron chi connectivity index (χ2n) is 4.26. The van der Waals surface area contributed by atoms with E-state index in [1.54, 1.807) is 18.2 Å². The molecule has 0 atom stereocenters. The minimum absolute atomic E-state index is 0.0187. The van der Waals surface area contributed by atoms with Gasteiger partial charge in [0.15, 0.2) is 0 Å². The largest absolute Gasteiger partial charge is 0.506 e. The number of carbonyl (C=O) groups excluding carboxylic acids is 1. The number of ether oxygens (including phenoxy) is 1. The zero-order valence-corrected chi connectivity index (χ0v) is 11.0. The molecule has 0 saturated heterocycles. The molecule has 0 aliphatic rings. The SMILES string of the molecule is CCC(CC)COCC(=O)Nc1ccccc1O. The van der Waals surface area contributed by atoms with Gasteiger partial charge in [-0.2, -0.15) is 0 Å². The highest BCUT2D eigenvalue weighted by Crippen LogP contribution is 2.21. The third-order valence-corrected chi connectivity index (χ3v) is 2.92. The van der Waals surface area contributed by atoms with Crippen LogP contribution < -0.4 is 5.32 Å². The fourth-order valence-electron chi connectivity index (χ4n) is 1.61. The highest BCUT2D eigenvalue weighted by atomic mass is 16.5. The summed E-state index contributed by atoms with van der Waals surface area (Å²) in [7, 11) is 0. The Morgan fingerprint density at radius 3 is 2.61 bits per heavy atom. The van der Waals surface area contributed by atoms with E-state index in [0.717, 1.165) is 12.8 Å². The van der Waals surface area contributed by atoms with Gasteiger partial charge in [-0.1, -0.05) is 38.8 Å². The number of para-hydroxylation sites is 2. The first kappa shape index (κ1) is 14.5. The molecule has 0 bridgehead atoms. The molecule has 0 aromatic heterocycles. The molecular formula is C14H21NO3. The van der Waals surface area contributed by atoms with E-state index < -0.39 is 0 Å². The molecule has 1 amide bonds. The summed E-state index contributed by atoms with van der Waals surface area (Å²) in [5.41, 5.74) is 0.411. The van der Waals surface area contributed by atoms with Crippen molar-refractivity contribution in [2.45, 2.75) is 26.7 Å². The maximum Gasteiger partial charge on any atom is 0.250 e. The van der Waals surface area contributed by atoms with Crippen molar-refractivity contribution < 1.29 is 14.6 Å². The summed E-state index contributed by atoms with van der Waals surface area (Å²) >= 11 is 0. The molecule has 2 N–H and O–H groups in total. The maximum absolute atomic E-state index is 11.6. The molecule has 0 spiro atoms. The van der Waals surface area contributed by atoms with Crippen molar-refractivity contribution in [3.05, 3.63) is 24.3 Å². The van der Waals surface area contributed by atoms with E-state index in [9.17, 15) is 9.90 Å². The lowest BCUT2D eigenvalue weighted by molar-refractivity contribution is -0.121. The normalized spacial score (nSPS) is 10.6. The van der Waals surface area contributed by atoms with Gasteiger partial charge in [-0.05, 0) is 18.1 Å². The molecule has 100 valence electrons. The minimum Gasteiger partial charge on any atom is -0.506 e. The number of benzene rings is 1. The lowest BCUT2D eigenvalue weighted by Crippen LogP contribution is -2.20. The lowest BCUT2D eigenvalue weighted by Gasteiger charge is -2.12. The second-order valence-corrected chi connectivity index (χ2v) is 4.26. The number of anilines is 1. The number of amides is 1. The Morgan fingerprint density at radius 2 is 2.00 bits per heavy atom. The summed E-state index contributed by atoms with van der Waals surface area (Å²) in [5, 5.41) is 12.1. The lowest BCUT2D eigenvalue weighted by atomic mass is 10.1. The fourth-order valence-corrected chi connectivity index (χ4v) is 1.61. The van der Waals surface area contributed by atoms with Crippen LogP contribution in [0.2, 0.25) is 0 Å². The number of nitrogens with one attached hydrogen (secondary N) is 1. The van der Waals surface area contributed by atoms with Crippen LogP contribution in [0.1, 0.15) is 26.7 Å². The van der Waals surface area contributed by atoms with Crippen LogP contribution in [0.4, 0.5) is 5.69 Å². The van der Waals surface area contributed by atoms with Crippen LogP contribution in [0.3, 0.4) is 0 Å². The Balaban J connectivity index is 2.32. The Bertz CT molecular complexity index is 375. The average Bonchev–Trinajstić information content (AvgIpc) is 2.37. The average molecular weight is 251 g/mol. The number of phenols is 1. The first-order valence-corrected chi connectivity index (χ1v) is 6.32. The van der Waals surface area contributed by atoms with Crippen LogP contribution in [0.15, 0.2) is 24.3 Å². The highest BCUT2D eigenvalue weighted by Gasteiger charge is 2.08. The second kappa shape index (κ2) is 7.71. The van der Waals surface area contributed by atoms with Crippen LogP contribution in [0.5, 0.6) is 5.75 Å². The number of rotatable bonds is 7. The minimum atomic E-state index is -0.248. The molecule has 0 saturated carbocycles. The molecule has 4 heteroatoms. The van der Waals surface area contributed by atoms with E-state index in [4.69, 9.17) is 4.74 Å². The molecule has 1 rings (SSSR count). The fraction of sp³-hybridized carbons (Fsp3) is 0.500. The molecule has 0 aliphatic heterocycles. The predicted octanol–water partition coefficient (Wildman–Crippen LogP) is 2.78. The molecule has 4 nitrogen and oxygen atoms in total. The number of hydrogen-bond acceptors (Lipinski definition) is 3. The molecule has 0 heterocycles. The molecule has 1 aromatic rings. The predicted molar refractivity (Wildman–Crippen MR) is 71.6 cm³/mol. The molecule has 18 heavy (non-hydrogen) atoms. The van der Waals surface area contributed by atoms with Gasteiger partial charge in [0.25, 0.3) is 0 Å². The third kappa shape index (κ3) is 4.75. The number of carbonyl (C=O) groups is 1. The van der Waals surface area contributed by atoms with Crippen molar-refractivity contribution in [1.82, 2.24) is 0 Å². The van der Waals surface area contributed by atoms with Gasteiger partial charge in [0.2, 0.25) is 5.91 Å². The van der Waals surface area contributed by atoms with E-state index in [1.165, 1.54) is 6.07 Å². The molecular weight excluding hydrogens is 230 g/mol. The van der Waals surface area contributed by atoms with Crippen LogP contribution in [-0.4, -0.2) is 24.2 Å². The molecule has 0 unspecified atom stereocenters. The quantitative estimate of drug-likeness (QED) is 0.733. The van der Waals surface area contributed by atoms with Gasteiger partial charge < -0.3 is 15.2 Å². The van der Waals surface area contributed by atoms with Crippen molar-refractivity contribution in [3.63, 3.8) is 0 Å². The molecule has 0 aliphatic carbocycles.